The molecule has 0 bridgehead atoms. The van der Waals surface area contributed by atoms with Gasteiger partial charge < -0.3 is 27.0 Å². The van der Waals surface area contributed by atoms with Gasteiger partial charge in [0.15, 0.2) is 24.3 Å². The Hall–Kier alpha value is -2.25. The average Bonchev–Trinajstić information content (AvgIpc) is 3.28. The van der Waals surface area contributed by atoms with Crippen molar-refractivity contribution in [3.63, 3.8) is 0 Å². The summed E-state index contributed by atoms with van der Waals surface area (Å²) in [6.45, 7) is 5.52. The van der Waals surface area contributed by atoms with E-state index in [1.165, 1.54) is 62.3 Å². The summed E-state index contributed by atoms with van der Waals surface area (Å²) in [5, 5.41) is 2.79. The number of unbranched alkanes of at least 4 members (excludes halogenated alkanes) is 9. The Kier molecular flexibility index (Phi) is 14.5. The minimum Gasteiger partial charge on any atom is -1.00 e. The van der Waals surface area contributed by atoms with Crippen molar-refractivity contribution in [2.75, 3.05) is 11.9 Å². The first-order valence-corrected chi connectivity index (χ1v) is 14.2. The monoisotopic (exact) mass is 590 g/mol. The Morgan fingerprint density at radius 2 is 1.68 bits per heavy atom. The zero-order valence-corrected chi connectivity index (χ0v) is 24.5. The van der Waals surface area contributed by atoms with Crippen molar-refractivity contribution >= 4 is 22.9 Å². The number of anilines is 1. The summed E-state index contributed by atoms with van der Waals surface area (Å²) in [4.78, 5) is 14.0. The van der Waals surface area contributed by atoms with Crippen molar-refractivity contribution < 1.29 is 35.5 Å². The summed E-state index contributed by atoms with van der Waals surface area (Å²) in [6, 6.07) is 12.1. The van der Waals surface area contributed by atoms with E-state index in [9.17, 15) is 9.18 Å². The third-order valence-corrected chi connectivity index (χ3v) is 7.07. The molecular formula is C30H40BrFN2O2S. The van der Waals surface area contributed by atoms with E-state index in [1.54, 1.807) is 29.5 Å². The highest BCUT2D eigenvalue weighted by atomic mass is 79.9. The van der Waals surface area contributed by atoms with Crippen molar-refractivity contribution in [2.45, 2.75) is 84.6 Å². The van der Waals surface area contributed by atoms with Gasteiger partial charge in [0.05, 0.1) is 11.5 Å². The van der Waals surface area contributed by atoms with Gasteiger partial charge in [0.1, 0.15) is 0 Å². The highest BCUT2D eigenvalue weighted by Crippen LogP contribution is 2.22. The Bertz CT molecular complexity index is 1090. The minimum atomic E-state index is -0.460. The van der Waals surface area contributed by atoms with E-state index in [1.807, 2.05) is 18.2 Å². The molecule has 7 heteroatoms. The molecule has 0 aliphatic heterocycles. The van der Waals surface area contributed by atoms with Crippen LogP contribution in [-0.4, -0.2) is 12.5 Å². The third-order valence-electron chi connectivity index (χ3n) is 6.22. The number of aromatic nitrogens is 1. The molecule has 0 unspecified atom stereocenters. The quantitative estimate of drug-likeness (QED) is 0.186. The highest BCUT2D eigenvalue weighted by Gasteiger charge is 2.12. The Labute approximate surface area is 236 Å². The van der Waals surface area contributed by atoms with Gasteiger partial charge in [-0.05, 0) is 37.6 Å². The van der Waals surface area contributed by atoms with Gasteiger partial charge in [0.2, 0.25) is 5.51 Å². The number of hydrogen-bond acceptors (Lipinski definition) is 3. The van der Waals surface area contributed by atoms with E-state index in [0.29, 0.717) is 24.4 Å². The predicted octanol–water partition coefficient (Wildman–Crippen LogP) is 5.09. The number of ether oxygens (including phenoxy) is 1. The molecule has 0 fully saturated rings. The molecule has 3 aromatic rings. The van der Waals surface area contributed by atoms with E-state index in [2.05, 4.69) is 35.4 Å². The topological polar surface area (TPSA) is 42.2 Å². The van der Waals surface area contributed by atoms with Crippen molar-refractivity contribution in [3.05, 3.63) is 76.0 Å². The number of carbonyl (C=O) groups is 1. The van der Waals surface area contributed by atoms with Crippen LogP contribution in [0.1, 0.15) is 91.9 Å². The second kappa shape index (κ2) is 17.3. The number of amides is 1. The van der Waals surface area contributed by atoms with E-state index < -0.39 is 5.82 Å². The SMILES string of the molecule is CCCCCCCCCCCCOc1ccc(NC(=O)c2cccc(C[n+]3csc(C)c3)c2)cc1F.[Br-]. The molecule has 1 N–H and O–H groups in total. The fourth-order valence-electron chi connectivity index (χ4n) is 4.22. The van der Waals surface area contributed by atoms with Crippen molar-refractivity contribution in [1.29, 1.82) is 0 Å². The van der Waals surface area contributed by atoms with Gasteiger partial charge in [0, 0.05) is 22.9 Å². The zero-order chi connectivity index (χ0) is 25.6. The summed E-state index contributed by atoms with van der Waals surface area (Å²) in [5.41, 5.74) is 4.05. The van der Waals surface area contributed by atoms with Crippen LogP contribution in [0.3, 0.4) is 0 Å². The van der Waals surface area contributed by atoms with E-state index in [0.717, 1.165) is 18.4 Å². The van der Waals surface area contributed by atoms with Crippen LogP contribution in [0.25, 0.3) is 0 Å². The van der Waals surface area contributed by atoms with Crippen LogP contribution in [0.5, 0.6) is 5.75 Å². The van der Waals surface area contributed by atoms with Crippen molar-refractivity contribution in [2.24, 2.45) is 0 Å². The van der Waals surface area contributed by atoms with Crippen LogP contribution >= 0.6 is 11.3 Å². The largest absolute Gasteiger partial charge is 1.00 e. The van der Waals surface area contributed by atoms with E-state index >= 15 is 0 Å². The maximum absolute atomic E-state index is 14.5. The molecule has 0 spiro atoms. The second-order valence-electron chi connectivity index (χ2n) is 9.47. The van der Waals surface area contributed by atoms with Gasteiger partial charge in [-0.2, -0.15) is 4.57 Å². The van der Waals surface area contributed by atoms with Crippen LogP contribution in [0.4, 0.5) is 10.1 Å². The number of thiazole rings is 1. The van der Waals surface area contributed by atoms with Crippen LogP contribution in [0, 0.1) is 12.7 Å². The molecule has 202 valence electrons. The van der Waals surface area contributed by atoms with E-state index in [4.69, 9.17) is 4.74 Å². The molecule has 0 saturated carbocycles. The molecule has 0 radical (unpaired) electrons. The second-order valence-corrected chi connectivity index (χ2v) is 10.6. The molecule has 37 heavy (non-hydrogen) atoms. The summed E-state index contributed by atoms with van der Waals surface area (Å²) in [7, 11) is 0. The number of carbonyl (C=O) groups excluding carboxylic acids is 1. The molecule has 0 aliphatic carbocycles. The Morgan fingerprint density at radius 3 is 2.32 bits per heavy atom. The average molecular weight is 592 g/mol. The van der Waals surface area contributed by atoms with Crippen molar-refractivity contribution in [1.82, 2.24) is 0 Å². The lowest BCUT2D eigenvalue weighted by Gasteiger charge is -2.10. The fraction of sp³-hybridized carbons (Fsp3) is 0.467. The van der Waals surface area contributed by atoms with Gasteiger partial charge in [0.25, 0.3) is 5.91 Å². The lowest BCUT2D eigenvalue weighted by atomic mass is 10.1. The Morgan fingerprint density at radius 1 is 0.973 bits per heavy atom. The minimum absolute atomic E-state index is 0. The van der Waals surface area contributed by atoms with Crippen LogP contribution in [0.15, 0.2) is 54.2 Å². The normalized spacial score (nSPS) is 10.7. The number of nitrogens with zero attached hydrogens (tertiary/aromatic N) is 1. The van der Waals surface area contributed by atoms with Crippen LogP contribution < -0.4 is 31.6 Å². The number of benzene rings is 2. The summed E-state index contributed by atoms with van der Waals surface area (Å²) >= 11 is 1.69. The van der Waals surface area contributed by atoms with Crippen LogP contribution in [0.2, 0.25) is 0 Å². The first-order valence-electron chi connectivity index (χ1n) is 13.3. The van der Waals surface area contributed by atoms with Gasteiger partial charge in [-0.1, -0.05) is 88.2 Å². The van der Waals surface area contributed by atoms with Crippen molar-refractivity contribution in [3.8, 4) is 5.75 Å². The smallest absolute Gasteiger partial charge is 0.255 e. The maximum atomic E-state index is 14.5. The Balaban J connectivity index is 0.00000481. The summed E-state index contributed by atoms with van der Waals surface area (Å²) < 4.78 is 22.3. The van der Waals surface area contributed by atoms with Crippen LogP contribution in [-0.2, 0) is 6.54 Å². The number of hydrogen-bond donors (Lipinski definition) is 1. The number of halogens is 2. The molecule has 4 nitrogen and oxygen atoms in total. The lowest BCUT2D eigenvalue weighted by molar-refractivity contribution is -0.683. The molecular weight excluding hydrogens is 551 g/mol. The zero-order valence-electron chi connectivity index (χ0n) is 22.1. The lowest BCUT2D eigenvalue weighted by Crippen LogP contribution is -3.00. The molecule has 0 saturated heterocycles. The highest BCUT2D eigenvalue weighted by molar-refractivity contribution is 7.09. The number of nitrogens with one attached hydrogen (secondary N) is 1. The first-order chi connectivity index (χ1) is 17.5. The summed E-state index contributed by atoms with van der Waals surface area (Å²) in [6.07, 6.45) is 14.6. The molecule has 1 heterocycles. The van der Waals surface area contributed by atoms with E-state index in [-0.39, 0.29) is 28.6 Å². The molecule has 0 atom stereocenters. The number of rotatable bonds is 16. The molecule has 3 rings (SSSR count). The first kappa shape index (κ1) is 31.0. The molecule has 1 aromatic heterocycles. The third kappa shape index (κ3) is 11.3. The van der Waals surface area contributed by atoms with Gasteiger partial charge in [-0.3, -0.25) is 4.79 Å². The van der Waals surface area contributed by atoms with Gasteiger partial charge >= 0.3 is 0 Å². The van der Waals surface area contributed by atoms with Gasteiger partial charge in [-0.15, -0.1) is 0 Å². The van der Waals surface area contributed by atoms with Gasteiger partial charge in [-0.25, -0.2) is 4.39 Å². The molecule has 2 aromatic carbocycles. The fourth-order valence-corrected chi connectivity index (χ4v) is 4.85. The standard InChI is InChI=1S/C30H39FN2O2S.BrH/c1-3-4-5-6-7-8-9-10-11-12-18-35-29-17-16-27(20-28(29)31)32-30(34)26-15-13-14-25(19-26)22-33-21-24(2)36-23-33;/h13-17,19-21,23H,3-12,18,22H2,1-2H3;1H. The number of aryl methyl sites for hydroxylation is 1. The predicted molar refractivity (Wildman–Crippen MR) is 146 cm³/mol. The summed E-state index contributed by atoms with van der Waals surface area (Å²) in [5.74, 6) is -0.492. The molecule has 1 amide bonds. The molecule has 0 aliphatic rings. The maximum Gasteiger partial charge on any atom is 0.255 e.